The number of anilines is 1. The van der Waals surface area contributed by atoms with E-state index in [0.717, 1.165) is 11.0 Å². The molecule has 2 aromatic carbocycles. The molecule has 2 rings (SSSR count). The van der Waals surface area contributed by atoms with Gasteiger partial charge in [0.15, 0.2) is 0 Å². The summed E-state index contributed by atoms with van der Waals surface area (Å²) in [4.78, 5) is -2.55. The molecule has 2 nitrogen and oxygen atoms in total. The lowest BCUT2D eigenvalue weighted by Crippen LogP contribution is -2.17. The first kappa shape index (κ1) is 12.7. The molecule has 0 saturated heterocycles. The van der Waals surface area contributed by atoms with Crippen molar-refractivity contribution in [1.82, 2.24) is 0 Å². The standard InChI is InChI=1S/C13H13INOP/c1-15(12-8-4-2-5-9-12)17(14,16)13-10-6-3-7-11-13/h2-11H,1H3. The molecular weight excluding hydrogens is 344 g/mol. The van der Waals surface area contributed by atoms with Crippen LogP contribution in [0.5, 0.6) is 0 Å². The van der Waals surface area contributed by atoms with Gasteiger partial charge < -0.3 is 4.67 Å². The predicted octanol–water partition coefficient (Wildman–Crippen LogP) is 4.08. The monoisotopic (exact) mass is 357 g/mol. The average Bonchev–Trinajstić information content (AvgIpc) is 2.40. The van der Waals surface area contributed by atoms with Crippen LogP contribution in [0, 0.1) is 0 Å². The van der Waals surface area contributed by atoms with E-state index in [-0.39, 0.29) is 0 Å². The van der Waals surface area contributed by atoms with Crippen molar-refractivity contribution in [3.8, 4) is 0 Å². The van der Waals surface area contributed by atoms with Crippen LogP contribution in [-0.4, -0.2) is 7.05 Å². The molecule has 0 aliphatic rings. The Kier molecular flexibility index (Phi) is 3.89. The maximum atomic E-state index is 12.8. The molecule has 0 bridgehead atoms. The summed E-state index contributed by atoms with van der Waals surface area (Å²) in [5.74, 6) is 0. The van der Waals surface area contributed by atoms with Gasteiger partial charge in [-0.15, -0.1) is 0 Å². The van der Waals surface area contributed by atoms with E-state index in [1.807, 2.05) is 72.4 Å². The molecule has 0 radical (unpaired) electrons. The van der Waals surface area contributed by atoms with Crippen LogP contribution in [0.25, 0.3) is 0 Å². The molecule has 17 heavy (non-hydrogen) atoms. The minimum atomic E-state index is -2.55. The molecule has 4 heteroatoms. The molecule has 0 heterocycles. The summed E-state index contributed by atoms with van der Waals surface area (Å²) >= 11 is 2.05. The van der Waals surface area contributed by atoms with Gasteiger partial charge in [-0.3, -0.25) is 4.57 Å². The van der Waals surface area contributed by atoms with Gasteiger partial charge in [-0.1, -0.05) is 36.4 Å². The molecule has 0 N–H and O–H groups in total. The fourth-order valence-corrected chi connectivity index (χ4v) is 4.61. The molecule has 88 valence electrons. The topological polar surface area (TPSA) is 20.3 Å². The van der Waals surface area contributed by atoms with Crippen molar-refractivity contribution in [2.24, 2.45) is 0 Å². The van der Waals surface area contributed by atoms with E-state index in [9.17, 15) is 4.57 Å². The summed E-state index contributed by atoms with van der Waals surface area (Å²) in [6.07, 6.45) is 0. The zero-order valence-corrected chi connectivity index (χ0v) is 12.5. The van der Waals surface area contributed by atoms with E-state index in [0.29, 0.717) is 0 Å². The molecule has 2 aromatic rings. The number of nitrogens with zero attached hydrogens (tertiary/aromatic N) is 1. The summed E-state index contributed by atoms with van der Waals surface area (Å²) in [5, 5.41) is 0.868. The van der Waals surface area contributed by atoms with Gasteiger partial charge in [0.2, 0.25) is 0 Å². The number of halogens is 1. The van der Waals surface area contributed by atoms with Crippen molar-refractivity contribution in [2.75, 3.05) is 11.7 Å². The Morgan fingerprint density at radius 3 is 1.94 bits per heavy atom. The maximum absolute atomic E-state index is 12.8. The van der Waals surface area contributed by atoms with E-state index in [1.165, 1.54) is 0 Å². The molecule has 0 spiro atoms. The Morgan fingerprint density at radius 1 is 0.941 bits per heavy atom. The minimum Gasteiger partial charge on any atom is -0.315 e. The maximum Gasteiger partial charge on any atom is 0.256 e. The van der Waals surface area contributed by atoms with Crippen LogP contribution >= 0.6 is 27.0 Å². The second kappa shape index (κ2) is 5.23. The molecule has 0 aliphatic carbocycles. The predicted molar refractivity (Wildman–Crippen MR) is 82.5 cm³/mol. The van der Waals surface area contributed by atoms with Crippen LogP contribution in [0.2, 0.25) is 0 Å². The van der Waals surface area contributed by atoms with Gasteiger partial charge in [0.1, 0.15) is 0 Å². The van der Waals surface area contributed by atoms with Crippen molar-refractivity contribution < 1.29 is 4.57 Å². The zero-order valence-electron chi connectivity index (χ0n) is 9.45. The van der Waals surface area contributed by atoms with E-state index in [4.69, 9.17) is 0 Å². The SMILES string of the molecule is CN(c1ccccc1)P(=O)(I)c1ccccc1. The first-order valence-electron chi connectivity index (χ1n) is 5.27. The highest BCUT2D eigenvalue weighted by atomic mass is 127. The number of hydrogen-bond acceptors (Lipinski definition) is 1. The highest BCUT2D eigenvalue weighted by Crippen LogP contribution is 2.57. The smallest absolute Gasteiger partial charge is 0.256 e. The van der Waals surface area contributed by atoms with Gasteiger partial charge >= 0.3 is 0 Å². The zero-order chi connectivity index (χ0) is 12.3. The molecular formula is C13H13INOP. The molecule has 0 fully saturated rings. The Morgan fingerprint density at radius 2 is 1.41 bits per heavy atom. The molecule has 0 aromatic heterocycles. The first-order chi connectivity index (χ1) is 8.12. The Bertz CT molecular complexity index is 530. The summed E-state index contributed by atoms with van der Waals surface area (Å²) in [5.41, 5.74) is 0.967. The van der Waals surface area contributed by atoms with Gasteiger partial charge in [-0.25, -0.2) is 0 Å². The van der Waals surface area contributed by atoms with Crippen LogP contribution in [0.15, 0.2) is 60.7 Å². The van der Waals surface area contributed by atoms with Crippen LogP contribution in [0.4, 0.5) is 5.69 Å². The van der Waals surface area contributed by atoms with Crippen molar-refractivity contribution in [1.29, 1.82) is 0 Å². The Hall–Kier alpha value is -0.800. The highest BCUT2D eigenvalue weighted by Gasteiger charge is 2.26. The van der Waals surface area contributed by atoms with Gasteiger partial charge in [0.25, 0.3) is 4.94 Å². The fraction of sp³-hybridized carbons (Fsp3) is 0.0769. The summed E-state index contributed by atoms with van der Waals surface area (Å²) in [7, 11) is 1.87. The van der Waals surface area contributed by atoms with Crippen LogP contribution in [-0.2, 0) is 4.57 Å². The normalized spacial score (nSPS) is 14.0. The Balaban J connectivity index is 2.37. The first-order valence-corrected chi connectivity index (χ1v) is 9.71. The highest BCUT2D eigenvalue weighted by molar-refractivity contribution is 14.2. The third-order valence-corrected chi connectivity index (χ3v) is 8.14. The van der Waals surface area contributed by atoms with E-state index < -0.39 is 4.94 Å². The summed E-state index contributed by atoms with van der Waals surface area (Å²) < 4.78 is 14.7. The van der Waals surface area contributed by atoms with E-state index >= 15 is 0 Å². The molecule has 1 unspecified atom stereocenters. The Labute approximate surface area is 115 Å². The van der Waals surface area contributed by atoms with Crippen LogP contribution in [0.1, 0.15) is 0 Å². The van der Waals surface area contributed by atoms with Gasteiger partial charge in [-0.05, 0) is 24.3 Å². The average molecular weight is 357 g/mol. The summed E-state index contributed by atoms with van der Waals surface area (Å²) in [6, 6.07) is 19.4. The van der Waals surface area contributed by atoms with Gasteiger partial charge in [0.05, 0.1) is 0 Å². The van der Waals surface area contributed by atoms with Crippen molar-refractivity contribution in [3.63, 3.8) is 0 Å². The minimum absolute atomic E-state index is 0.868. The van der Waals surface area contributed by atoms with Gasteiger partial charge in [-0.2, -0.15) is 0 Å². The quantitative estimate of drug-likeness (QED) is 0.610. The number of benzene rings is 2. The van der Waals surface area contributed by atoms with E-state index in [2.05, 4.69) is 22.0 Å². The van der Waals surface area contributed by atoms with Crippen LogP contribution in [0.3, 0.4) is 0 Å². The lowest BCUT2D eigenvalue weighted by atomic mass is 10.3. The number of hydrogen-bond donors (Lipinski definition) is 0. The second-order valence-corrected chi connectivity index (χ2v) is 9.74. The van der Waals surface area contributed by atoms with E-state index in [1.54, 1.807) is 0 Å². The second-order valence-electron chi connectivity index (χ2n) is 3.70. The molecule has 0 aliphatic heterocycles. The lowest BCUT2D eigenvalue weighted by molar-refractivity contribution is 0.591. The third kappa shape index (κ3) is 2.72. The lowest BCUT2D eigenvalue weighted by Gasteiger charge is -2.25. The fourth-order valence-electron chi connectivity index (χ4n) is 1.58. The third-order valence-electron chi connectivity index (χ3n) is 2.59. The largest absolute Gasteiger partial charge is 0.315 e. The van der Waals surface area contributed by atoms with Crippen LogP contribution < -0.4 is 9.97 Å². The van der Waals surface area contributed by atoms with Crippen molar-refractivity contribution >= 4 is 38.0 Å². The molecule has 1 atom stereocenters. The molecule has 0 amide bonds. The van der Waals surface area contributed by atoms with Crippen molar-refractivity contribution in [2.45, 2.75) is 0 Å². The molecule has 0 saturated carbocycles. The van der Waals surface area contributed by atoms with Crippen molar-refractivity contribution in [3.05, 3.63) is 60.7 Å². The number of rotatable bonds is 3. The van der Waals surface area contributed by atoms with Gasteiger partial charge in [0, 0.05) is 40.1 Å². The summed E-state index contributed by atoms with van der Waals surface area (Å²) in [6.45, 7) is 0. The number of para-hydroxylation sites is 1.